The second-order valence-corrected chi connectivity index (χ2v) is 2.81. The van der Waals surface area contributed by atoms with Gasteiger partial charge in [0.25, 0.3) is 0 Å². The van der Waals surface area contributed by atoms with Gasteiger partial charge in [-0.2, -0.15) is 0 Å². The molecule has 0 unspecified atom stereocenters. The van der Waals surface area contributed by atoms with Crippen molar-refractivity contribution in [1.82, 2.24) is 4.98 Å². The summed E-state index contributed by atoms with van der Waals surface area (Å²) in [7, 11) is 0. The number of aromatic amines is 1. The van der Waals surface area contributed by atoms with E-state index in [2.05, 4.69) is 36.3 Å². The van der Waals surface area contributed by atoms with Gasteiger partial charge in [-0.05, 0) is 32.9 Å². The Morgan fingerprint density at radius 3 is 2.57 bits per heavy atom. The van der Waals surface area contributed by atoms with Gasteiger partial charge in [-0.3, -0.25) is 0 Å². The Hall–Kier alpha value is -1.18. The van der Waals surface area contributed by atoms with Crippen molar-refractivity contribution >= 4 is 11.8 Å². The highest BCUT2D eigenvalue weighted by molar-refractivity contribution is 5.64. The number of anilines is 1. The SMILES string of the molecule is C/C=C\c1[nH]c(C)cc1NCC.CC. The smallest absolute Gasteiger partial charge is 0.0614 e. The maximum Gasteiger partial charge on any atom is 0.0614 e. The van der Waals surface area contributed by atoms with Crippen LogP contribution >= 0.6 is 0 Å². The number of aryl methyl sites for hydroxylation is 1. The molecule has 2 N–H and O–H groups in total. The molecule has 0 aromatic carbocycles. The predicted molar refractivity (Wildman–Crippen MR) is 65.7 cm³/mol. The minimum absolute atomic E-state index is 0.960. The van der Waals surface area contributed by atoms with E-state index in [0.717, 1.165) is 12.2 Å². The monoisotopic (exact) mass is 194 g/mol. The first-order chi connectivity index (χ1) is 6.77. The zero-order chi connectivity index (χ0) is 11.0. The summed E-state index contributed by atoms with van der Waals surface area (Å²) in [6, 6.07) is 2.12. The van der Waals surface area contributed by atoms with Crippen LogP contribution in [0.2, 0.25) is 0 Å². The van der Waals surface area contributed by atoms with Gasteiger partial charge in [-0.1, -0.05) is 19.9 Å². The van der Waals surface area contributed by atoms with Crippen molar-refractivity contribution in [1.29, 1.82) is 0 Å². The minimum Gasteiger partial charge on any atom is -0.384 e. The normalized spacial score (nSPS) is 9.79. The topological polar surface area (TPSA) is 27.8 Å². The summed E-state index contributed by atoms with van der Waals surface area (Å²) in [6.07, 6.45) is 4.11. The van der Waals surface area contributed by atoms with E-state index in [1.807, 2.05) is 26.8 Å². The van der Waals surface area contributed by atoms with E-state index in [-0.39, 0.29) is 0 Å². The number of nitrogens with one attached hydrogen (secondary N) is 2. The average Bonchev–Trinajstić information content (AvgIpc) is 2.51. The van der Waals surface area contributed by atoms with Crippen LogP contribution in [0.1, 0.15) is 39.1 Å². The van der Waals surface area contributed by atoms with Gasteiger partial charge in [0, 0.05) is 12.2 Å². The molecule has 0 aliphatic carbocycles. The third-order valence-electron chi connectivity index (χ3n) is 1.68. The van der Waals surface area contributed by atoms with Gasteiger partial charge in [0.2, 0.25) is 0 Å². The molecule has 1 heterocycles. The van der Waals surface area contributed by atoms with Crippen molar-refractivity contribution in [2.45, 2.75) is 34.6 Å². The molecule has 0 radical (unpaired) electrons. The van der Waals surface area contributed by atoms with Crippen molar-refractivity contribution in [2.75, 3.05) is 11.9 Å². The number of rotatable bonds is 3. The number of allylic oxidation sites excluding steroid dienone is 1. The zero-order valence-electron chi connectivity index (χ0n) is 9.94. The fraction of sp³-hybridized carbons (Fsp3) is 0.500. The van der Waals surface area contributed by atoms with Crippen LogP contribution in [0.3, 0.4) is 0 Å². The molecule has 0 aliphatic rings. The van der Waals surface area contributed by atoms with Gasteiger partial charge >= 0.3 is 0 Å². The van der Waals surface area contributed by atoms with E-state index in [0.29, 0.717) is 0 Å². The maximum absolute atomic E-state index is 3.30. The molecular weight excluding hydrogens is 172 g/mol. The van der Waals surface area contributed by atoms with Gasteiger partial charge in [-0.15, -0.1) is 0 Å². The fourth-order valence-electron chi connectivity index (χ4n) is 1.24. The second kappa shape index (κ2) is 7.25. The lowest BCUT2D eigenvalue weighted by molar-refractivity contribution is 1.20. The van der Waals surface area contributed by atoms with Crippen molar-refractivity contribution in [2.24, 2.45) is 0 Å². The molecule has 2 heteroatoms. The van der Waals surface area contributed by atoms with Crippen molar-refractivity contribution in [3.05, 3.63) is 23.5 Å². The van der Waals surface area contributed by atoms with E-state index >= 15 is 0 Å². The van der Waals surface area contributed by atoms with Crippen LogP contribution in [-0.4, -0.2) is 11.5 Å². The minimum atomic E-state index is 0.960. The molecule has 0 fully saturated rings. The first-order valence-corrected chi connectivity index (χ1v) is 5.34. The largest absolute Gasteiger partial charge is 0.384 e. The number of aromatic nitrogens is 1. The lowest BCUT2D eigenvalue weighted by atomic mass is 10.3. The Morgan fingerprint density at radius 1 is 1.43 bits per heavy atom. The fourth-order valence-corrected chi connectivity index (χ4v) is 1.24. The van der Waals surface area contributed by atoms with Crippen LogP contribution in [0.15, 0.2) is 12.1 Å². The van der Waals surface area contributed by atoms with Crippen LogP contribution < -0.4 is 5.32 Å². The molecule has 0 bridgehead atoms. The third kappa shape index (κ3) is 3.69. The summed E-state index contributed by atoms with van der Waals surface area (Å²) in [6.45, 7) is 11.1. The summed E-state index contributed by atoms with van der Waals surface area (Å²) in [5.41, 5.74) is 3.55. The summed E-state index contributed by atoms with van der Waals surface area (Å²) in [5.74, 6) is 0. The van der Waals surface area contributed by atoms with Crippen LogP contribution in [0, 0.1) is 6.92 Å². The Labute approximate surface area is 87.4 Å². The molecule has 0 spiro atoms. The Bertz CT molecular complexity index is 272. The van der Waals surface area contributed by atoms with Crippen LogP contribution in [0.4, 0.5) is 5.69 Å². The standard InChI is InChI=1S/C10H16N2.C2H6/c1-4-6-9-10(11-5-2)7-8(3)12-9;1-2/h4,6-7,11-12H,5H2,1-3H3;1-2H3/b6-4-;. The van der Waals surface area contributed by atoms with E-state index in [1.165, 1.54) is 11.4 Å². The van der Waals surface area contributed by atoms with Crippen LogP contribution in [-0.2, 0) is 0 Å². The van der Waals surface area contributed by atoms with Crippen molar-refractivity contribution < 1.29 is 0 Å². The molecule has 80 valence electrons. The molecule has 1 aromatic heterocycles. The predicted octanol–water partition coefficient (Wildman–Crippen LogP) is 3.81. The number of hydrogen-bond donors (Lipinski definition) is 2. The van der Waals surface area contributed by atoms with Crippen molar-refractivity contribution in [3.8, 4) is 0 Å². The van der Waals surface area contributed by atoms with Crippen LogP contribution in [0.5, 0.6) is 0 Å². The molecule has 0 atom stereocenters. The van der Waals surface area contributed by atoms with E-state index in [1.54, 1.807) is 0 Å². The molecule has 0 saturated carbocycles. The molecule has 0 saturated heterocycles. The number of hydrogen-bond acceptors (Lipinski definition) is 1. The lowest BCUT2D eigenvalue weighted by Gasteiger charge is -1.99. The van der Waals surface area contributed by atoms with E-state index < -0.39 is 0 Å². The first-order valence-electron chi connectivity index (χ1n) is 5.34. The quantitative estimate of drug-likeness (QED) is 0.752. The number of H-pyrrole nitrogens is 1. The van der Waals surface area contributed by atoms with Gasteiger partial charge in [0.05, 0.1) is 11.4 Å². The first kappa shape index (κ1) is 12.8. The van der Waals surface area contributed by atoms with E-state index in [9.17, 15) is 0 Å². The van der Waals surface area contributed by atoms with E-state index in [4.69, 9.17) is 0 Å². The molecular formula is C12H22N2. The molecule has 14 heavy (non-hydrogen) atoms. The van der Waals surface area contributed by atoms with Gasteiger partial charge < -0.3 is 10.3 Å². The molecule has 1 rings (SSSR count). The highest BCUT2D eigenvalue weighted by Crippen LogP contribution is 2.17. The van der Waals surface area contributed by atoms with Crippen molar-refractivity contribution in [3.63, 3.8) is 0 Å². The Kier molecular flexibility index (Phi) is 6.63. The zero-order valence-corrected chi connectivity index (χ0v) is 9.94. The summed E-state index contributed by atoms with van der Waals surface area (Å²) in [5, 5.41) is 3.30. The summed E-state index contributed by atoms with van der Waals surface area (Å²) >= 11 is 0. The van der Waals surface area contributed by atoms with Gasteiger partial charge in [-0.25, -0.2) is 0 Å². The Morgan fingerprint density at radius 2 is 2.07 bits per heavy atom. The average molecular weight is 194 g/mol. The Balaban J connectivity index is 0.000000791. The second-order valence-electron chi connectivity index (χ2n) is 2.81. The molecule has 0 aliphatic heterocycles. The molecule has 2 nitrogen and oxygen atoms in total. The summed E-state index contributed by atoms with van der Waals surface area (Å²) < 4.78 is 0. The third-order valence-corrected chi connectivity index (χ3v) is 1.68. The summed E-state index contributed by atoms with van der Waals surface area (Å²) in [4.78, 5) is 3.28. The lowest BCUT2D eigenvalue weighted by Crippen LogP contribution is -1.96. The van der Waals surface area contributed by atoms with Gasteiger partial charge in [0.1, 0.15) is 0 Å². The van der Waals surface area contributed by atoms with Crippen LogP contribution in [0.25, 0.3) is 6.08 Å². The molecule has 1 aromatic rings. The molecule has 0 amide bonds. The highest BCUT2D eigenvalue weighted by atomic mass is 14.9. The van der Waals surface area contributed by atoms with Gasteiger partial charge in [0.15, 0.2) is 0 Å². The highest BCUT2D eigenvalue weighted by Gasteiger charge is 2.00. The maximum atomic E-state index is 3.30.